The normalized spacial score (nSPS) is 9.50. The van der Waals surface area contributed by atoms with Crippen LogP contribution in [0.5, 0.6) is 5.75 Å². The third-order valence-corrected chi connectivity index (χ3v) is 2.45. The monoisotopic (exact) mass is 198 g/mol. The number of thioether (sulfide) groups is 1. The van der Waals surface area contributed by atoms with E-state index in [4.69, 9.17) is 17.0 Å². The smallest absolute Gasteiger partial charge is 0.225 e. The Morgan fingerprint density at radius 2 is 2.08 bits per heavy atom. The van der Waals surface area contributed by atoms with Gasteiger partial charge in [-0.05, 0) is 37.0 Å². The number of aryl methyl sites for hydroxylation is 1. The number of hydrogen-bond acceptors (Lipinski definition) is 3. The second-order valence-corrected chi connectivity index (χ2v) is 3.73. The van der Waals surface area contributed by atoms with Gasteiger partial charge in [-0.1, -0.05) is 30.0 Å². The van der Waals surface area contributed by atoms with Gasteiger partial charge in [-0.15, -0.1) is 0 Å². The summed E-state index contributed by atoms with van der Waals surface area (Å²) in [5.41, 5.74) is 1.11. The molecule has 0 aliphatic rings. The van der Waals surface area contributed by atoms with E-state index in [-0.39, 0.29) is 0 Å². The highest BCUT2D eigenvalue weighted by Crippen LogP contribution is 2.18. The lowest BCUT2D eigenvalue weighted by Crippen LogP contribution is -1.99. The van der Waals surface area contributed by atoms with E-state index in [0.29, 0.717) is 4.38 Å². The average molecular weight is 198 g/mol. The van der Waals surface area contributed by atoms with Crippen molar-refractivity contribution in [3.05, 3.63) is 29.8 Å². The Bertz CT molecular complexity index is 284. The second kappa shape index (κ2) is 4.48. The molecule has 12 heavy (non-hydrogen) atoms. The maximum atomic E-state index is 5.39. The van der Waals surface area contributed by atoms with Gasteiger partial charge < -0.3 is 4.74 Å². The molecule has 0 bridgehead atoms. The lowest BCUT2D eigenvalue weighted by Gasteiger charge is -2.06. The Labute approximate surface area is 82.1 Å². The summed E-state index contributed by atoms with van der Waals surface area (Å²) in [4.78, 5) is 0. The summed E-state index contributed by atoms with van der Waals surface area (Å²) in [6.07, 6.45) is 1.90. The van der Waals surface area contributed by atoms with Crippen LogP contribution in [0.1, 0.15) is 5.56 Å². The van der Waals surface area contributed by atoms with E-state index in [0.717, 1.165) is 11.3 Å². The van der Waals surface area contributed by atoms with Crippen LogP contribution in [-0.4, -0.2) is 10.6 Å². The summed E-state index contributed by atoms with van der Waals surface area (Å²) in [6, 6.07) is 7.83. The fourth-order valence-corrected chi connectivity index (χ4v) is 1.07. The van der Waals surface area contributed by atoms with Gasteiger partial charge in [0.15, 0.2) is 0 Å². The Kier molecular flexibility index (Phi) is 3.56. The van der Waals surface area contributed by atoms with Crippen molar-refractivity contribution in [2.24, 2.45) is 0 Å². The average Bonchev–Trinajstić information content (AvgIpc) is 2.09. The maximum Gasteiger partial charge on any atom is 0.225 e. The van der Waals surface area contributed by atoms with Crippen LogP contribution >= 0.6 is 24.0 Å². The van der Waals surface area contributed by atoms with Gasteiger partial charge in [0, 0.05) is 0 Å². The third-order valence-electron chi connectivity index (χ3n) is 1.45. The van der Waals surface area contributed by atoms with Crippen molar-refractivity contribution in [1.29, 1.82) is 0 Å². The van der Waals surface area contributed by atoms with E-state index in [2.05, 4.69) is 0 Å². The van der Waals surface area contributed by atoms with E-state index >= 15 is 0 Å². The molecule has 0 spiro atoms. The molecule has 0 aromatic heterocycles. The molecule has 0 unspecified atom stereocenters. The van der Waals surface area contributed by atoms with Gasteiger partial charge in [0.25, 0.3) is 0 Å². The Morgan fingerprint density at radius 3 is 2.67 bits per heavy atom. The first-order valence-corrected chi connectivity index (χ1v) is 5.19. The summed E-state index contributed by atoms with van der Waals surface area (Å²) >= 11 is 6.38. The van der Waals surface area contributed by atoms with E-state index in [1.807, 2.05) is 37.4 Å². The van der Waals surface area contributed by atoms with Crippen LogP contribution in [0.2, 0.25) is 0 Å². The van der Waals surface area contributed by atoms with Gasteiger partial charge >= 0.3 is 0 Å². The quantitative estimate of drug-likeness (QED) is 0.642. The molecule has 0 aliphatic carbocycles. The van der Waals surface area contributed by atoms with Crippen molar-refractivity contribution >= 4 is 28.4 Å². The van der Waals surface area contributed by atoms with Gasteiger partial charge in [0.1, 0.15) is 5.75 Å². The van der Waals surface area contributed by atoms with Crippen LogP contribution in [0, 0.1) is 6.92 Å². The molecule has 0 atom stereocenters. The van der Waals surface area contributed by atoms with Crippen LogP contribution in [0.25, 0.3) is 0 Å². The Balaban J connectivity index is 2.75. The first-order chi connectivity index (χ1) is 5.74. The third kappa shape index (κ3) is 2.50. The minimum atomic E-state index is 0.560. The molecule has 0 heterocycles. The highest BCUT2D eigenvalue weighted by atomic mass is 32.2. The predicted octanol–water partition coefficient (Wildman–Crippen LogP) is 3.02. The molecule has 0 radical (unpaired) electrons. The van der Waals surface area contributed by atoms with Crippen molar-refractivity contribution in [2.45, 2.75) is 6.92 Å². The lowest BCUT2D eigenvalue weighted by molar-refractivity contribution is 0.574. The van der Waals surface area contributed by atoms with Crippen molar-refractivity contribution in [3.63, 3.8) is 0 Å². The maximum absolute atomic E-state index is 5.39. The van der Waals surface area contributed by atoms with Crippen LogP contribution in [-0.2, 0) is 0 Å². The van der Waals surface area contributed by atoms with Crippen LogP contribution in [0.15, 0.2) is 24.3 Å². The SMILES string of the molecule is CSC(=S)Oc1ccccc1C. The van der Waals surface area contributed by atoms with E-state index < -0.39 is 0 Å². The second-order valence-electron chi connectivity index (χ2n) is 2.32. The minimum Gasteiger partial charge on any atom is -0.440 e. The predicted molar refractivity (Wildman–Crippen MR) is 57.9 cm³/mol. The molecule has 0 fully saturated rings. The molecule has 64 valence electrons. The fourth-order valence-electron chi connectivity index (χ4n) is 0.802. The zero-order valence-electron chi connectivity index (χ0n) is 7.03. The van der Waals surface area contributed by atoms with Crippen LogP contribution < -0.4 is 4.74 Å². The number of hydrogen-bond donors (Lipinski definition) is 0. The Morgan fingerprint density at radius 1 is 1.42 bits per heavy atom. The molecule has 0 saturated carbocycles. The largest absolute Gasteiger partial charge is 0.440 e. The number of para-hydroxylation sites is 1. The van der Waals surface area contributed by atoms with Gasteiger partial charge in [-0.2, -0.15) is 0 Å². The molecular weight excluding hydrogens is 188 g/mol. The molecule has 1 aromatic carbocycles. The molecule has 0 N–H and O–H groups in total. The van der Waals surface area contributed by atoms with E-state index in [1.54, 1.807) is 0 Å². The first-order valence-electron chi connectivity index (χ1n) is 3.55. The van der Waals surface area contributed by atoms with Crippen molar-refractivity contribution in [3.8, 4) is 5.75 Å². The first kappa shape index (κ1) is 9.55. The van der Waals surface area contributed by atoms with Crippen LogP contribution in [0.3, 0.4) is 0 Å². The highest BCUT2D eigenvalue weighted by molar-refractivity contribution is 8.22. The molecular formula is C9H10OS2. The number of thiocarbonyl (C=S) groups is 1. The molecule has 3 heteroatoms. The molecule has 1 rings (SSSR count). The minimum absolute atomic E-state index is 0.560. The molecule has 1 nitrogen and oxygen atoms in total. The summed E-state index contributed by atoms with van der Waals surface area (Å²) in [5.74, 6) is 0.844. The van der Waals surface area contributed by atoms with Gasteiger partial charge in [0.05, 0.1) is 0 Å². The van der Waals surface area contributed by atoms with Crippen molar-refractivity contribution < 1.29 is 4.74 Å². The number of benzene rings is 1. The van der Waals surface area contributed by atoms with Gasteiger partial charge in [0.2, 0.25) is 4.38 Å². The molecule has 0 aliphatic heterocycles. The molecule has 0 saturated heterocycles. The summed E-state index contributed by atoms with van der Waals surface area (Å²) in [5, 5.41) is 0. The fraction of sp³-hybridized carbons (Fsp3) is 0.222. The molecule has 0 amide bonds. The highest BCUT2D eigenvalue weighted by Gasteiger charge is 2.00. The van der Waals surface area contributed by atoms with E-state index in [9.17, 15) is 0 Å². The van der Waals surface area contributed by atoms with Crippen molar-refractivity contribution in [1.82, 2.24) is 0 Å². The zero-order chi connectivity index (χ0) is 8.97. The number of rotatable bonds is 1. The summed E-state index contributed by atoms with van der Waals surface area (Å²) in [6.45, 7) is 2.00. The lowest BCUT2D eigenvalue weighted by atomic mass is 10.2. The van der Waals surface area contributed by atoms with Gasteiger partial charge in [-0.3, -0.25) is 0 Å². The molecule has 1 aromatic rings. The van der Waals surface area contributed by atoms with Gasteiger partial charge in [-0.25, -0.2) is 0 Å². The standard InChI is InChI=1S/C9H10OS2/c1-7-5-3-4-6-8(7)10-9(11)12-2/h3-6H,1-2H3. The van der Waals surface area contributed by atoms with E-state index in [1.165, 1.54) is 11.8 Å². The summed E-state index contributed by atoms with van der Waals surface area (Å²) < 4.78 is 5.95. The summed E-state index contributed by atoms with van der Waals surface area (Å²) in [7, 11) is 0. The van der Waals surface area contributed by atoms with Crippen molar-refractivity contribution in [2.75, 3.05) is 6.26 Å². The topological polar surface area (TPSA) is 9.23 Å². The number of ether oxygens (including phenoxy) is 1. The Hall–Kier alpha value is -0.540. The zero-order valence-corrected chi connectivity index (χ0v) is 8.67. The van der Waals surface area contributed by atoms with Crippen LogP contribution in [0.4, 0.5) is 0 Å².